The molecule has 5 rings (SSSR count). The van der Waals surface area contributed by atoms with Crippen LogP contribution in [0, 0.1) is 0 Å². The average molecular weight is 589 g/mol. The third-order valence-corrected chi connectivity index (χ3v) is 7.34. The van der Waals surface area contributed by atoms with Crippen LogP contribution in [0.15, 0.2) is 109 Å². The normalized spacial score (nSPS) is 10.8. The average Bonchev–Trinajstić information content (AvgIpc) is 3.48. The summed E-state index contributed by atoms with van der Waals surface area (Å²) in [4.78, 5) is 33.6. The number of imidazole rings is 1. The van der Waals surface area contributed by atoms with Gasteiger partial charge in [-0.3, -0.25) is 19.5 Å². The predicted octanol–water partition coefficient (Wildman–Crippen LogP) is 6.96. The Morgan fingerprint density at radius 3 is 2.20 bits per heavy atom. The minimum Gasteiger partial charge on any atom is -0.497 e. The summed E-state index contributed by atoms with van der Waals surface area (Å²) in [6.07, 6.45) is 1.89. The van der Waals surface area contributed by atoms with Crippen molar-refractivity contribution >= 4 is 17.8 Å². The van der Waals surface area contributed by atoms with Crippen LogP contribution in [-0.4, -0.2) is 47.0 Å². The van der Waals surface area contributed by atoms with Gasteiger partial charge in [-0.05, 0) is 71.6 Å². The number of hydrogen-bond acceptors (Lipinski definition) is 5. The fourth-order valence-corrected chi connectivity index (χ4v) is 4.87. The highest BCUT2D eigenvalue weighted by molar-refractivity contribution is 5.99. The van der Waals surface area contributed by atoms with Crippen molar-refractivity contribution in [1.82, 2.24) is 14.5 Å². The molecule has 0 atom stereocenters. The number of anilines is 1. The van der Waals surface area contributed by atoms with Crippen molar-refractivity contribution in [3.8, 4) is 28.4 Å². The van der Waals surface area contributed by atoms with Crippen LogP contribution in [0.2, 0.25) is 0 Å². The van der Waals surface area contributed by atoms with Crippen molar-refractivity contribution in [1.29, 1.82) is 0 Å². The Labute approximate surface area is 257 Å². The minimum absolute atomic E-state index is 0.179. The monoisotopic (exact) mass is 588 g/mol. The molecular weight excluding hydrogens is 552 g/mol. The fourth-order valence-electron chi connectivity index (χ4n) is 4.87. The third-order valence-electron chi connectivity index (χ3n) is 7.34. The number of ether oxygens (including phenoxy) is 2. The summed E-state index contributed by atoms with van der Waals surface area (Å²) in [5.74, 6) is 1.39. The van der Waals surface area contributed by atoms with Crippen LogP contribution in [0.4, 0.5) is 5.95 Å². The van der Waals surface area contributed by atoms with Crippen molar-refractivity contribution in [2.24, 2.45) is 0 Å². The van der Waals surface area contributed by atoms with E-state index in [4.69, 9.17) is 14.5 Å². The molecule has 8 heteroatoms. The second-order valence-electron chi connectivity index (χ2n) is 10.7. The lowest BCUT2D eigenvalue weighted by molar-refractivity contribution is -0.117. The molecule has 0 fully saturated rings. The maximum absolute atomic E-state index is 13.7. The molecule has 1 aromatic heterocycles. The van der Waals surface area contributed by atoms with E-state index in [1.54, 1.807) is 38.5 Å². The first kappa shape index (κ1) is 30.1. The van der Waals surface area contributed by atoms with Crippen LogP contribution in [0.5, 0.6) is 11.5 Å². The number of carbonyl (C=O) groups is 2. The molecule has 0 aliphatic rings. The minimum atomic E-state index is -0.371. The molecule has 0 unspecified atom stereocenters. The summed E-state index contributed by atoms with van der Waals surface area (Å²) in [7, 11) is 3.18. The SMILES string of the molecule is COc1ccc(-c2cn(-c3ccc(C(C)C)cc3)c(NC(=O)CN(Cc3ccccc3)C(=O)c3cccc(OC)c3)n2)cc1. The van der Waals surface area contributed by atoms with Crippen LogP contribution in [-0.2, 0) is 11.3 Å². The van der Waals surface area contributed by atoms with E-state index in [9.17, 15) is 9.59 Å². The molecular formula is C36H36N4O4. The Morgan fingerprint density at radius 2 is 1.55 bits per heavy atom. The van der Waals surface area contributed by atoms with Gasteiger partial charge in [-0.1, -0.05) is 62.4 Å². The number of rotatable bonds is 11. The van der Waals surface area contributed by atoms with Crippen molar-refractivity contribution in [3.05, 3.63) is 126 Å². The molecule has 5 aromatic rings. The number of benzene rings is 4. The second-order valence-corrected chi connectivity index (χ2v) is 10.7. The van der Waals surface area contributed by atoms with E-state index in [1.165, 1.54) is 10.5 Å². The van der Waals surface area contributed by atoms with Gasteiger partial charge in [0.1, 0.15) is 18.0 Å². The van der Waals surface area contributed by atoms with Gasteiger partial charge in [0.2, 0.25) is 11.9 Å². The van der Waals surface area contributed by atoms with Gasteiger partial charge in [-0.25, -0.2) is 4.98 Å². The molecule has 4 aromatic carbocycles. The van der Waals surface area contributed by atoms with Gasteiger partial charge in [0.15, 0.2) is 0 Å². The quantitative estimate of drug-likeness (QED) is 0.180. The lowest BCUT2D eigenvalue weighted by atomic mass is 10.0. The number of nitrogens with one attached hydrogen (secondary N) is 1. The molecule has 0 bridgehead atoms. The molecule has 8 nitrogen and oxygen atoms in total. The van der Waals surface area contributed by atoms with E-state index in [0.717, 1.165) is 22.6 Å². The van der Waals surface area contributed by atoms with Crippen molar-refractivity contribution < 1.29 is 19.1 Å². The van der Waals surface area contributed by atoms with E-state index < -0.39 is 0 Å². The first-order valence-electron chi connectivity index (χ1n) is 14.5. The number of nitrogens with zero attached hydrogens (tertiary/aromatic N) is 3. The van der Waals surface area contributed by atoms with Gasteiger partial charge >= 0.3 is 0 Å². The van der Waals surface area contributed by atoms with Crippen LogP contribution in [0.3, 0.4) is 0 Å². The lowest BCUT2D eigenvalue weighted by Gasteiger charge is -2.23. The summed E-state index contributed by atoms with van der Waals surface area (Å²) < 4.78 is 12.5. The highest BCUT2D eigenvalue weighted by atomic mass is 16.5. The molecule has 0 aliphatic heterocycles. The van der Waals surface area contributed by atoms with Crippen molar-refractivity contribution in [2.45, 2.75) is 26.3 Å². The van der Waals surface area contributed by atoms with Crippen LogP contribution >= 0.6 is 0 Å². The Balaban J connectivity index is 1.45. The lowest BCUT2D eigenvalue weighted by Crippen LogP contribution is -2.38. The zero-order valence-electron chi connectivity index (χ0n) is 25.4. The first-order chi connectivity index (χ1) is 21.3. The topological polar surface area (TPSA) is 85.7 Å². The van der Waals surface area contributed by atoms with Crippen LogP contribution in [0.1, 0.15) is 41.3 Å². The van der Waals surface area contributed by atoms with E-state index in [0.29, 0.717) is 28.9 Å². The van der Waals surface area contributed by atoms with Crippen LogP contribution in [0.25, 0.3) is 16.9 Å². The van der Waals surface area contributed by atoms with E-state index in [1.807, 2.05) is 77.5 Å². The summed E-state index contributed by atoms with van der Waals surface area (Å²) >= 11 is 0. The van der Waals surface area contributed by atoms with E-state index in [-0.39, 0.29) is 24.9 Å². The second kappa shape index (κ2) is 13.7. The molecule has 1 heterocycles. The first-order valence-corrected chi connectivity index (χ1v) is 14.5. The smallest absolute Gasteiger partial charge is 0.254 e. The highest BCUT2D eigenvalue weighted by Crippen LogP contribution is 2.27. The predicted molar refractivity (Wildman–Crippen MR) is 172 cm³/mol. The Kier molecular flexibility index (Phi) is 9.40. The summed E-state index contributed by atoms with van der Waals surface area (Å²) in [6, 6.07) is 32.3. The molecule has 0 spiro atoms. The van der Waals surface area contributed by atoms with Gasteiger partial charge in [0.05, 0.1) is 19.9 Å². The van der Waals surface area contributed by atoms with Gasteiger partial charge in [0.25, 0.3) is 5.91 Å². The van der Waals surface area contributed by atoms with E-state index >= 15 is 0 Å². The zero-order valence-corrected chi connectivity index (χ0v) is 25.4. The maximum Gasteiger partial charge on any atom is 0.254 e. The van der Waals surface area contributed by atoms with E-state index in [2.05, 4.69) is 31.3 Å². The molecule has 224 valence electrons. The number of amides is 2. The fraction of sp³-hybridized carbons (Fsp3) is 0.194. The molecule has 1 N–H and O–H groups in total. The maximum atomic E-state index is 13.7. The molecule has 0 radical (unpaired) electrons. The molecule has 44 heavy (non-hydrogen) atoms. The molecule has 0 saturated carbocycles. The van der Waals surface area contributed by atoms with Crippen molar-refractivity contribution in [3.63, 3.8) is 0 Å². The summed E-state index contributed by atoms with van der Waals surface area (Å²) in [5, 5.41) is 2.97. The van der Waals surface area contributed by atoms with Gasteiger partial charge in [-0.2, -0.15) is 0 Å². The van der Waals surface area contributed by atoms with Gasteiger partial charge in [0, 0.05) is 29.6 Å². The highest BCUT2D eigenvalue weighted by Gasteiger charge is 2.22. The van der Waals surface area contributed by atoms with Gasteiger partial charge < -0.3 is 14.4 Å². The number of aromatic nitrogens is 2. The van der Waals surface area contributed by atoms with Crippen molar-refractivity contribution in [2.75, 3.05) is 26.1 Å². The Hall–Kier alpha value is -5.37. The molecule has 2 amide bonds. The Bertz CT molecular complexity index is 1710. The molecule has 0 saturated heterocycles. The Morgan fingerprint density at radius 1 is 0.841 bits per heavy atom. The largest absolute Gasteiger partial charge is 0.497 e. The number of carbonyl (C=O) groups excluding carboxylic acids is 2. The zero-order chi connectivity index (χ0) is 31.1. The number of hydrogen-bond donors (Lipinski definition) is 1. The third kappa shape index (κ3) is 7.15. The number of methoxy groups -OCH3 is 2. The van der Waals surface area contributed by atoms with Crippen LogP contribution < -0.4 is 14.8 Å². The standard InChI is InChI=1S/C36H36N4O4/c1-25(2)27-13-17-30(18-14-27)40-23-33(28-15-19-31(43-3)20-16-28)37-36(40)38-34(41)24-39(22-26-9-6-5-7-10-26)35(42)29-11-8-12-32(21-29)44-4/h5-21,23,25H,22,24H2,1-4H3,(H,37,38,41). The molecule has 0 aliphatic carbocycles. The summed E-state index contributed by atoms with van der Waals surface area (Å²) in [5.41, 5.74) is 4.96. The summed E-state index contributed by atoms with van der Waals surface area (Å²) in [6.45, 7) is 4.37. The van der Waals surface area contributed by atoms with Gasteiger partial charge in [-0.15, -0.1) is 0 Å².